The molecule has 0 saturated carbocycles. The van der Waals surface area contributed by atoms with Crippen molar-refractivity contribution in [3.63, 3.8) is 0 Å². The minimum atomic E-state index is -0.546. The van der Waals surface area contributed by atoms with Crippen molar-refractivity contribution in [1.82, 2.24) is 4.90 Å². The average Bonchev–Trinajstić information content (AvgIpc) is 3.09. The Kier molecular flexibility index (Phi) is 6.50. The highest BCUT2D eigenvalue weighted by Gasteiger charge is 2.35. The molecule has 1 N–H and O–H groups in total. The van der Waals surface area contributed by atoms with Crippen LogP contribution in [0, 0.1) is 5.92 Å². The van der Waals surface area contributed by atoms with Crippen LogP contribution < -0.4 is 14.8 Å². The predicted octanol–water partition coefficient (Wildman–Crippen LogP) is 2.90. The molecule has 0 unspecified atom stereocenters. The molecule has 1 aromatic rings. The van der Waals surface area contributed by atoms with Gasteiger partial charge >= 0.3 is 6.09 Å². The first-order valence-corrected chi connectivity index (χ1v) is 8.42. The molecule has 0 radical (unpaired) electrons. The Labute approximate surface area is 148 Å². The van der Waals surface area contributed by atoms with E-state index in [2.05, 4.69) is 5.32 Å². The molecule has 1 aromatic carbocycles. The lowest BCUT2D eigenvalue weighted by atomic mass is 10.2. The average molecular weight is 350 g/mol. The number of methoxy groups -OCH3 is 2. The first-order chi connectivity index (χ1) is 12.0. The molecule has 1 aliphatic heterocycles. The van der Waals surface area contributed by atoms with Gasteiger partial charge in [-0.3, -0.25) is 9.69 Å². The summed E-state index contributed by atoms with van der Waals surface area (Å²) < 4.78 is 15.7. The molecule has 2 rings (SSSR count). The van der Waals surface area contributed by atoms with Crippen molar-refractivity contribution in [3.05, 3.63) is 18.2 Å². The van der Waals surface area contributed by atoms with Crippen LogP contribution in [0.3, 0.4) is 0 Å². The van der Waals surface area contributed by atoms with E-state index in [4.69, 9.17) is 14.2 Å². The second-order valence-electron chi connectivity index (χ2n) is 6.38. The summed E-state index contributed by atoms with van der Waals surface area (Å²) in [6.07, 6.45) is 0.933. The predicted molar refractivity (Wildman–Crippen MR) is 94.1 cm³/mol. The highest BCUT2D eigenvalue weighted by atomic mass is 16.6. The molecule has 1 heterocycles. The standard InChI is InChI=1S/C18H26N2O5/c1-12(2)11-25-18(22)20-9-5-6-15(20)17(21)19-14-10-13(23-3)7-8-16(14)24-4/h7-8,10,12,15H,5-6,9,11H2,1-4H3,(H,19,21)/t15-/m0/s1. The number of anilines is 1. The van der Waals surface area contributed by atoms with Crippen LogP contribution in [-0.2, 0) is 9.53 Å². The van der Waals surface area contributed by atoms with Gasteiger partial charge in [0.05, 0.1) is 26.5 Å². The molecule has 7 heteroatoms. The van der Waals surface area contributed by atoms with E-state index in [0.717, 1.165) is 6.42 Å². The maximum atomic E-state index is 12.7. The molecule has 0 aliphatic carbocycles. The Hall–Kier alpha value is -2.44. The number of rotatable bonds is 6. The lowest BCUT2D eigenvalue weighted by Gasteiger charge is -2.24. The van der Waals surface area contributed by atoms with Gasteiger partial charge in [-0.25, -0.2) is 4.79 Å². The van der Waals surface area contributed by atoms with E-state index in [1.807, 2.05) is 13.8 Å². The molecule has 0 spiro atoms. The number of ether oxygens (including phenoxy) is 3. The zero-order valence-corrected chi connectivity index (χ0v) is 15.2. The van der Waals surface area contributed by atoms with Crippen molar-refractivity contribution in [3.8, 4) is 11.5 Å². The van der Waals surface area contributed by atoms with Gasteiger partial charge in [0.2, 0.25) is 5.91 Å². The topological polar surface area (TPSA) is 77.1 Å². The highest BCUT2D eigenvalue weighted by Crippen LogP contribution is 2.30. The maximum Gasteiger partial charge on any atom is 0.410 e. The van der Waals surface area contributed by atoms with Crippen LogP contribution in [0.2, 0.25) is 0 Å². The molecular formula is C18H26N2O5. The first kappa shape index (κ1) is 18.9. The van der Waals surface area contributed by atoms with Crippen LogP contribution in [0.5, 0.6) is 11.5 Å². The lowest BCUT2D eigenvalue weighted by Crippen LogP contribution is -2.43. The number of nitrogens with zero attached hydrogens (tertiary/aromatic N) is 1. The summed E-state index contributed by atoms with van der Waals surface area (Å²) in [5.74, 6) is 1.13. The van der Waals surface area contributed by atoms with Gasteiger partial charge in [0.25, 0.3) is 0 Å². The van der Waals surface area contributed by atoms with Crippen LogP contribution in [-0.4, -0.2) is 50.3 Å². The van der Waals surface area contributed by atoms with Gasteiger partial charge in [-0.15, -0.1) is 0 Å². The Morgan fingerprint density at radius 3 is 2.68 bits per heavy atom. The third kappa shape index (κ3) is 4.78. The van der Waals surface area contributed by atoms with Crippen molar-refractivity contribution in [2.24, 2.45) is 5.92 Å². The number of carbonyl (C=O) groups excluding carboxylic acids is 2. The zero-order chi connectivity index (χ0) is 18.4. The van der Waals surface area contributed by atoms with E-state index >= 15 is 0 Å². The third-order valence-electron chi connectivity index (χ3n) is 3.99. The van der Waals surface area contributed by atoms with E-state index in [1.165, 1.54) is 12.0 Å². The molecule has 138 valence electrons. The van der Waals surface area contributed by atoms with E-state index < -0.39 is 12.1 Å². The van der Waals surface area contributed by atoms with E-state index in [9.17, 15) is 9.59 Å². The number of hydrogen-bond acceptors (Lipinski definition) is 5. The molecule has 7 nitrogen and oxygen atoms in total. The number of benzene rings is 1. The Morgan fingerprint density at radius 1 is 1.28 bits per heavy atom. The molecular weight excluding hydrogens is 324 g/mol. The van der Waals surface area contributed by atoms with Crippen molar-refractivity contribution in [1.29, 1.82) is 0 Å². The van der Waals surface area contributed by atoms with E-state index in [1.54, 1.807) is 25.3 Å². The largest absolute Gasteiger partial charge is 0.497 e. The summed E-state index contributed by atoms with van der Waals surface area (Å²) >= 11 is 0. The van der Waals surface area contributed by atoms with Crippen molar-refractivity contribution in [2.75, 3.05) is 32.7 Å². The minimum Gasteiger partial charge on any atom is -0.497 e. The number of hydrogen-bond donors (Lipinski definition) is 1. The van der Waals surface area contributed by atoms with Gasteiger partial charge in [-0.05, 0) is 30.9 Å². The van der Waals surface area contributed by atoms with Crippen molar-refractivity contribution < 1.29 is 23.8 Å². The number of nitrogens with one attached hydrogen (secondary N) is 1. The highest BCUT2D eigenvalue weighted by molar-refractivity contribution is 5.98. The van der Waals surface area contributed by atoms with Crippen LogP contribution in [0.1, 0.15) is 26.7 Å². The second kappa shape index (κ2) is 8.60. The van der Waals surface area contributed by atoms with Gasteiger partial charge in [0.15, 0.2) is 0 Å². The van der Waals surface area contributed by atoms with Crippen LogP contribution in [0.15, 0.2) is 18.2 Å². The van der Waals surface area contributed by atoms with Gasteiger partial charge < -0.3 is 19.5 Å². The zero-order valence-electron chi connectivity index (χ0n) is 15.2. The van der Waals surface area contributed by atoms with Gasteiger partial charge in [-0.2, -0.15) is 0 Å². The fourth-order valence-corrected chi connectivity index (χ4v) is 2.71. The number of likely N-dealkylation sites (tertiary alicyclic amines) is 1. The number of amides is 2. The third-order valence-corrected chi connectivity index (χ3v) is 3.99. The smallest absolute Gasteiger partial charge is 0.410 e. The summed E-state index contributed by atoms with van der Waals surface area (Å²) in [4.78, 5) is 26.4. The quantitative estimate of drug-likeness (QED) is 0.854. The molecule has 1 saturated heterocycles. The molecule has 1 fully saturated rings. The second-order valence-corrected chi connectivity index (χ2v) is 6.38. The Bertz CT molecular complexity index is 617. The lowest BCUT2D eigenvalue weighted by molar-refractivity contribution is -0.120. The van der Waals surface area contributed by atoms with Crippen molar-refractivity contribution >= 4 is 17.7 Å². The SMILES string of the molecule is COc1ccc(OC)c(NC(=O)[C@@H]2CCCN2C(=O)OCC(C)C)c1. The molecule has 0 bridgehead atoms. The molecule has 0 aromatic heterocycles. The normalized spacial score (nSPS) is 16.7. The summed E-state index contributed by atoms with van der Waals surface area (Å²) in [5, 5.41) is 2.83. The fraction of sp³-hybridized carbons (Fsp3) is 0.556. The van der Waals surface area contributed by atoms with E-state index in [-0.39, 0.29) is 11.8 Å². The molecule has 25 heavy (non-hydrogen) atoms. The van der Waals surface area contributed by atoms with Crippen LogP contribution in [0.25, 0.3) is 0 Å². The Balaban J connectivity index is 2.08. The van der Waals surface area contributed by atoms with Crippen LogP contribution in [0.4, 0.5) is 10.5 Å². The summed E-state index contributed by atoms with van der Waals surface area (Å²) in [5.41, 5.74) is 0.509. The summed E-state index contributed by atoms with van der Waals surface area (Å²) in [7, 11) is 3.08. The van der Waals surface area contributed by atoms with Gasteiger partial charge in [0, 0.05) is 12.6 Å². The molecule has 2 amide bonds. The van der Waals surface area contributed by atoms with Gasteiger partial charge in [-0.1, -0.05) is 13.8 Å². The summed E-state index contributed by atoms with van der Waals surface area (Å²) in [6, 6.07) is 4.61. The van der Waals surface area contributed by atoms with Gasteiger partial charge in [0.1, 0.15) is 17.5 Å². The van der Waals surface area contributed by atoms with E-state index in [0.29, 0.717) is 36.8 Å². The monoisotopic (exact) mass is 350 g/mol. The number of carbonyl (C=O) groups is 2. The summed E-state index contributed by atoms with van der Waals surface area (Å²) in [6.45, 7) is 4.80. The Morgan fingerprint density at radius 2 is 2.04 bits per heavy atom. The molecule has 1 atom stereocenters. The fourth-order valence-electron chi connectivity index (χ4n) is 2.71. The molecule has 1 aliphatic rings. The minimum absolute atomic E-state index is 0.250. The first-order valence-electron chi connectivity index (χ1n) is 8.42. The van der Waals surface area contributed by atoms with Crippen molar-refractivity contribution in [2.45, 2.75) is 32.7 Å². The maximum absolute atomic E-state index is 12.7. The van der Waals surface area contributed by atoms with Crippen LogP contribution >= 0.6 is 0 Å².